The molecular weight excluding hydrogens is 244 g/mol. The number of hydrogen-bond acceptors (Lipinski definition) is 4. The third-order valence-corrected chi connectivity index (χ3v) is 2.73. The molecule has 19 heavy (non-hydrogen) atoms. The van der Waals surface area contributed by atoms with Crippen molar-refractivity contribution in [2.24, 2.45) is 0 Å². The predicted octanol–water partition coefficient (Wildman–Crippen LogP) is 1.39. The smallest absolute Gasteiger partial charge is 0.339 e. The van der Waals surface area contributed by atoms with Crippen molar-refractivity contribution < 1.29 is 9.53 Å². The number of methoxy groups -OCH3 is 1. The van der Waals surface area contributed by atoms with Gasteiger partial charge in [0.05, 0.1) is 19.2 Å². The quantitative estimate of drug-likeness (QED) is 0.780. The van der Waals surface area contributed by atoms with Crippen LogP contribution in [-0.2, 0) is 11.3 Å². The molecule has 0 aliphatic carbocycles. The third-order valence-electron chi connectivity index (χ3n) is 2.73. The zero-order valence-electron chi connectivity index (χ0n) is 10.8. The minimum atomic E-state index is -0.462. The number of carbonyl (C=O) groups excluding carboxylic acids is 1. The summed E-state index contributed by atoms with van der Waals surface area (Å²) in [6.07, 6.45) is 3.21. The van der Waals surface area contributed by atoms with Crippen LogP contribution in [0.4, 0.5) is 0 Å². The topological polar surface area (TPSA) is 61.2 Å². The molecule has 0 unspecified atom stereocenters. The van der Waals surface area contributed by atoms with Crippen LogP contribution in [-0.4, -0.2) is 22.6 Å². The Morgan fingerprint density at radius 2 is 2.11 bits per heavy atom. The first-order valence-electron chi connectivity index (χ1n) is 5.80. The monoisotopic (exact) mass is 258 g/mol. The van der Waals surface area contributed by atoms with Crippen LogP contribution in [0.15, 0.2) is 41.5 Å². The summed E-state index contributed by atoms with van der Waals surface area (Å²) in [5.74, 6) is -0.462. The standard InChI is InChI=1S/C14H14N2O3/c1-10-3-4-11(7-15-10)8-16-9-12(14(18)19-2)5-6-13(16)17/h3-7,9H,8H2,1-2H3. The van der Waals surface area contributed by atoms with Gasteiger partial charge in [0.25, 0.3) is 5.56 Å². The molecule has 2 rings (SSSR count). The zero-order valence-corrected chi connectivity index (χ0v) is 10.8. The van der Waals surface area contributed by atoms with E-state index in [-0.39, 0.29) is 5.56 Å². The summed E-state index contributed by atoms with van der Waals surface area (Å²) in [6, 6.07) is 6.59. The minimum absolute atomic E-state index is 0.173. The van der Waals surface area contributed by atoms with Crippen molar-refractivity contribution in [2.75, 3.05) is 7.11 Å². The molecule has 0 aliphatic rings. The number of rotatable bonds is 3. The molecule has 0 saturated heterocycles. The number of esters is 1. The third kappa shape index (κ3) is 3.07. The molecule has 0 amide bonds. The Labute approximate surface area is 110 Å². The fourth-order valence-electron chi connectivity index (χ4n) is 1.68. The second-order valence-corrected chi connectivity index (χ2v) is 4.18. The van der Waals surface area contributed by atoms with Gasteiger partial charge >= 0.3 is 5.97 Å². The lowest BCUT2D eigenvalue weighted by molar-refractivity contribution is 0.0599. The number of aromatic nitrogens is 2. The van der Waals surface area contributed by atoms with Crippen LogP contribution in [0.3, 0.4) is 0 Å². The van der Waals surface area contributed by atoms with E-state index in [0.29, 0.717) is 12.1 Å². The van der Waals surface area contributed by atoms with Crippen molar-refractivity contribution in [1.29, 1.82) is 0 Å². The van der Waals surface area contributed by atoms with Gasteiger partial charge in [-0.05, 0) is 24.6 Å². The van der Waals surface area contributed by atoms with Crippen LogP contribution in [0.25, 0.3) is 0 Å². The Morgan fingerprint density at radius 1 is 1.32 bits per heavy atom. The molecular formula is C14H14N2O3. The predicted molar refractivity (Wildman–Crippen MR) is 70.1 cm³/mol. The Bertz CT molecular complexity index is 644. The maximum absolute atomic E-state index is 11.7. The van der Waals surface area contributed by atoms with Gasteiger partial charge in [0.1, 0.15) is 0 Å². The maximum atomic E-state index is 11.7. The van der Waals surface area contributed by atoms with Gasteiger partial charge in [-0.15, -0.1) is 0 Å². The van der Waals surface area contributed by atoms with Crippen LogP contribution in [0, 0.1) is 6.92 Å². The van der Waals surface area contributed by atoms with E-state index in [9.17, 15) is 9.59 Å². The summed E-state index contributed by atoms with van der Waals surface area (Å²) >= 11 is 0. The summed E-state index contributed by atoms with van der Waals surface area (Å²) in [6.45, 7) is 2.27. The first-order chi connectivity index (χ1) is 9.10. The number of ether oxygens (including phenoxy) is 1. The highest BCUT2D eigenvalue weighted by Crippen LogP contribution is 2.03. The van der Waals surface area contributed by atoms with Gasteiger partial charge in [-0.1, -0.05) is 6.07 Å². The number of pyridine rings is 2. The molecule has 0 spiro atoms. The molecule has 98 valence electrons. The van der Waals surface area contributed by atoms with Crippen LogP contribution >= 0.6 is 0 Å². The molecule has 5 heteroatoms. The Kier molecular flexibility index (Phi) is 3.75. The normalized spacial score (nSPS) is 10.2. The summed E-state index contributed by atoms with van der Waals surface area (Å²) in [4.78, 5) is 27.3. The van der Waals surface area contributed by atoms with E-state index in [0.717, 1.165) is 11.3 Å². The SMILES string of the molecule is COC(=O)c1ccc(=O)n(Cc2ccc(C)nc2)c1. The Hall–Kier alpha value is -2.43. The van der Waals surface area contributed by atoms with Crippen LogP contribution < -0.4 is 5.56 Å². The highest BCUT2D eigenvalue weighted by Gasteiger charge is 2.07. The molecule has 0 aliphatic heterocycles. The lowest BCUT2D eigenvalue weighted by atomic mass is 10.2. The van der Waals surface area contributed by atoms with E-state index in [1.165, 1.54) is 30.0 Å². The summed E-state index contributed by atoms with van der Waals surface area (Å²) in [5, 5.41) is 0. The molecule has 2 aromatic rings. The number of nitrogens with zero attached hydrogens (tertiary/aromatic N) is 2. The molecule has 2 aromatic heterocycles. The van der Waals surface area contributed by atoms with Gasteiger partial charge in [-0.2, -0.15) is 0 Å². The van der Waals surface area contributed by atoms with Gasteiger partial charge in [-0.25, -0.2) is 4.79 Å². The van der Waals surface area contributed by atoms with Gasteiger partial charge in [0.2, 0.25) is 0 Å². The van der Waals surface area contributed by atoms with Gasteiger partial charge < -0.3 is 9.30 Å². The van der Waals surface area contributed by atoms with Crippen LogP contribution in [0.1, 0.15) is 21.6 Å². The Balaban J connectivity index is 2.31. The number of carbonyl (C=O) groups is 1. The van der Waals surface area contributed by atoms with Crippen molar-refractivity contribution in [3.05, 3.63) is 63.8 Å². The molecule has 0 saturated carbocycles. The Morgan fingerprint density at radius 3 is 2.74 bits per heavy atom. The van der Waals surface area contributed by atoms with Crippen molar-refractivity contribution >= 4 is 5.97 Å². The first kappa shape index (κ1) is 13.0. The number of hydrogen-bond donors (Lipinski definition) is 0. The zero-order chi connectivity index (χ0) is 13.8. The van der Waals surface area contributed by atoms with Crippen molar-refractivity contribution in [2.45, 2.75) is 13.5 Å². The number of aryl methyl sites for hydroxylation is 1. The molecule has 2 heterocycles. The average Bonchev–Trinajstić information content (AvgIpc) is 2.43. The summed E-state index contributed by atoms with van der Waals surface area (Å²) in [5.41, 5.74) is 1.99. The average molecular weight is 258 g/mol. The summed E-state index contributed by atoms with van der Waals surface area (Å²) in [7, 11) is 1.31. The van der Waals surface area contributed by atoms with E-state index in [1.54, 1.807) is 6.20 Å². The lowest BCUT2D eigenvalue weighted by Crippen LogP contribution is -2.21. The maximum Gasteiger partial charge on any atom is 0.339 e. The second kappa shape index (κ2) is 5.48. The molecule has 0 aromatic carbocycles. The van der Waals surface area contributed by atoms with E-state index in [2.05, 4.69) is 9.72 Å². The first-order valence-corrected chi connectivity index (χ1v) is 5.80. The highest BCUT2D eigenvalue weighted by atomic mass is 16.5. The van der Waals surface area contributed by atoms with E-state index >= 15 is 0 Å². The molecule has 0 atom stereocenters. The van der Waals surface area contributed by atoms with Crippen molar-refractivity contribution in [1.82, 2.24) is 9.55 Å². The largest absolute Gasteiger partial charge is 0.465 e. The van der Waals surface area contributed by atoms with E-state index in [4.69, 9.17) is 0 Å². The molecule has 5 nitrogen and oxygen atoms in total. The highest BCUT2D eigenvalue weighted by molar-refractivity contribution is 5.88. The fraction of sp³-hybridized carbons (Fsp3) is 0.214. The van der Waals surface area contributed by atoms with E-state index in [1.807, 2.05) is 19.1 Å². The lowest BCUT2D eigenvalue weighted by Gasteiger charge is -2.07. The second-order valence-electron chi connectivity index (χ2n) is 4.18. The van der Waals surface area contributed by atoms with Crippen molar-refractivity contribution in [3.8, 4) is 0 Å². The molecule has 0 fully saturated rings. The molecule has 0 radical (unpaired) electrons. The van der Waals surface area contributed by atoms with Crippen LogP contribution in [0.5, 0.6) is 0 Å². The van der Waals surface area contributed by atoms with Gasteiger partial charge in [0.15, 0.2) is 0 Å². The fourth-order valence-corrected chi connectivity index (χ4v) is 1.68. The van der Waals surface area contributed by atoms with Crippen molar-refractivity contribution in [3.63, 3.8) is 0 Å². The molecule has 0 bridgehead atoms. The minimum Gasteiger partial charge on any atom is -0.465 e. The van der Waals surface area contributed by atoms with Gasteiger partial charge in [-0.3, -0.25) is 9.78 Å². The molecule has 0 N–H and O–H groups in total. The van der Waals surface area contributed by atoms with E-state index < -0.39 is 5.97 Å². The van der Waals surface area contributed by atoms with Crippen LogP contribution in [0.2, 0.25) is 0 Å². The van der Waals surface area contributed by atoms with Gasteiger partial charge in [0, 0.05) is 24.2 Å². The summed E-state index contributed by atoms with van der Waals surface area (Å²) < 4.78 is 6.09.